The molecule has 3 heterocycles. The fourth-order valence-corrected chi connectivity index (χ4v) is 4.29. The number of hydrogen-bond acceptors (Lipinski definition) is 6. The summed E-state index contributed by atoms with van der Waals surface area (Å²) in [6.07, 6.45) is 2.58. The summed E-state index contributed by atoms with van der Waals surface area (Å²) in [7, 11) is 1.69. The highest BCUT2D eigenvalue weighted by Gasteiger charge is 2.36. The first-order chi connectivity index (χ1) is 12.8. The van der Waals surface area contributed by atoms with Gasteiger partial charge in [-0.05, 0) is 47.5 Å². The molecule has 2 aliphatic rings. The van der Waals surface area contributed by atoms with Crippen molar-refractivity contribution in [2.45, 2.75) is 31.5 Å². The van der Waals surface area contributed by atoms with Crippen molar-refractivity contribution in [3.63, 3.8) is 0 Å². The van der Waals surface area contributed by atoms with Crippen LogP contribution < -0.4 is 0 Å². The van der Waals surface area contributed by atoms with Gasteiger partial charge in [-0.25, -0.2) is 4.68 Å². The van der Waals surface area contributed by atoms with Crippen molar-refractivity contribution in [1.29, 1.82) is 0 Å². The van der Waals surface area contributed by atoms with Gasteiger partial charge >= 0.3 is 0 Å². The third-order valence-electron chi connectivity index (χ3n) is 5.48. The number of aromatic nitrogens is 4. The number of hydrogen-bond donors (Lipinski definition) is 0. The van der Waals surface area contributed by atoms with Gasteiger partial charge in [0.2, 0.25) is 0 Å². The number of fused-ring (bicyclic) bond motifs is 1. The number of methoxy groups -OCH3 is 1. The van der Waals surface area contributed by atoms with Crippen LogP contribution >= 0.6 is 11.6 Å². The number of ether oxygens (including phenoxy) is 1. The van der Waals surface area contributed by atoms with E-state index in [9.17, 15) is 0 Å². The third kappa shape index (κ3) is 3.62. The molecule has 26 heavy (non-hydrogen) atoms. The van der Waals surface area contributed by atoms with Gasteiger partial charge in [0.25, 0.3) is 0 Å². The van der Waals surface area contributed by atoms with Crippen molar-refractivity contribution in [2.75, 3.05) is 39.9 Å². The van der Waals surface area contributed by atoms with E-state index in [1.165, 1.54) is 24.9 Å². The fraction of sp³-hybridized carbons (Fsp3) is 0.611. The average molecular weight is 377 g/mol. The Kier molecular flexibility index (Phi) is 5.49. The standard InChI is InChI=1S/C18H25ClN6O/c1-26-12-11-25-18(20-21-22-25)17(14-4-6-15(19)7-5-14)24-10-9-23-8-2-3-16(23)13-24/h4-7,16-17H,2-3,8-13H2,1H3. The predicted octanol–water partition coefficient (Wildman–Crippen LogP) is 1.84. The van der Waals surface area contributed by atoms with Gasteiger partial charge in [-0.1, -0.05) is 23.7 Å². The summed E-state index contributed by atoms with van der Waals surface area (Å²) in [5.74, 6) is 0.871. The fourth-order valence-electron chi connectivity index (χ4n) is 4.16. The molecule has 2 aliphatic heterocycles. The Morgan fingerprint density at radius 2 is 2.08 bits per heavy atom. The van der Waals surface area contributed by atoms with Crippen molar-refractivity contribution in [3.8, 4) is 0 Å². The summed E-state index contributed by atoms with van der Waals surface area (Å²) >= 11 is 6.12. The Hall–Kier alpha value is -1.54. The van der Waals surface area contributed by atoms with Crippen LogP contribution in [0.1, 0.15) is 30.3 Å². The van der Waals surface area contributed by atoms with Gasteiger partial charge in [-0.2, -0.15) is 0 Å². The molecule has 2 aromatic rings. The second-order valence-corrected chi connectivity index (χ2v) is 7.47. The highest BCUT2D eigenvalue weighted by Crippen LogP contribution is 2.32. The minimum atomic E-state index is 0.0295. The van der Waals surface area contributed by atoms with E-state index >= 15 is 0 Å². The van der Waals surface area contributed by atoms with Crippen molar-refractivity contribution in [1.82, 2.24) is 30.0 Å². The lowest BCUT2D eigenvalue weighted by atomic mass is 10.0. The molecule has 0 aliphatic carbocycles. The number of nitrogens with zero attached hydrogens (tertiary/aromatic N) is 6. The molecule has 1 aromatic carbocycles. The van der Waals surface area contributed by atoms with Gasteiger partial charge in [-0.3, -0.25) is 9.80 Å². The van der Waals surface area contributed by atoms with E-state index in [4.69, 9.17) is 16.3 Å². The lowest BCUT2D eigenvalue weighted by molar-refractivity contribution is 0.0785. The third-order valence-corrected chi connectivity index (χ3v) is 5.73. The van der Waals surface area contributed by atoms with Gasteiger partial charge in [0.1, 0.15) is 0 Å². The monoisotopic (exact) mass is 376 g/mol. The van der Waals surface area contributed by atoms with E-state index in [-0.39, 0.29) is 6.04 Å². The molecule has 140 valence electrons. The molecule has 2 fully saturated rings. The second kappa shape index (κ2) is 8.00. The molecule has 0 saturated carbocycles. The molecule has 0 radical (unpaired) electrons. The van der Waals surface area contributed by atoms with E-state index in [0.717, 1.165) is 30.5 Å². The van der Waals surface area contributed by atoms with Crippen molar-refractivity contribution in [2.24, 2.45) is 0 Å². The molecule has 2 unspecified atom stereocenters. The van der Waals surface area contributed by atoms with Crippen LogP contribution in [0.4, 0.5) is 0 Å². The Morgan fingerprint density at radius 3 is 2.88 bits per heavy atom. The summed E-state index contributed by atoms with van der Waals surface area (Å²) in [6, 6.07) is 8.73. The largest absolute Gasteiger partial charge is 0.383 e. The maximum Gasteiger partial charge on any atom is 0.173 e. The molecular weight excluding hydrogens is 352 g/mol. The number of rotatable bonds is 6. The van der Waals surface area contributed by atoms with E-state index in [1.807, 2.05) is 16.8 Å². The maximum atomic E-state index is 6.12. The minimum absolute atomic E-state index is 0.0295. The van der Waals surface area contributed by atoms with Crippen LogP contribution in [0.3, 0.4) is 0 Å². The van der Waals surface area contributed by atoms with Crippen LogP contribution in [0.2, 0.25) is 5.02 Å². The molecule has 7 nitrogen and oxygen atoms in total. The summed E-state index contributed by atoms with van der Waals surface area (Å²) in [4.78, 5) is 5.13. The molecule has 8 heteroatoms. The highest BCUT2D eigenvalue weighted by atomic mass is 35.5. The topological polar surface area (TPSA) is 59.3 Å². The molecule has 4 rings (SSSR count). The lowest BCUT2D eigenvalue weighted by Gasteiger charge is -2.41. The summed E-state index contributed by atoms with van der Waals surface area (Å²) in [6.45, 7) is 5.63. The summed E-state index contributed by atoms with van der Waals surface area (Å²) in [5.41, 5.74) is 1.18. The van der Waals surface area contributed by atoms with Crippen LogP contribution in [-0.4, -0.2) is 75.9 Å². The van der Waals surface area contributed by atoms with E-state index in [0.29, 0.717) is 19.2 Å². The molecule has 0 bridgehead atoms. The zero-order valence-electron chi connectivity index (χ0n) is 15.1. The highest BCUT2D eigenvalue weighted by molar-refractivity contribution is 6.30. The lowest BCUT2D eigenvalue weighted by Crippen LogP contribution is -2.51. The number of benzene rings is 1. The van der Waals surface area contributed by atoms with Gasteiger partial charge in [0.05, 0.1) is 19.2 Å². The zero-order chi connectivity index (χ0) is 17.9. The van der Waals surface area contributed by atoms with E-state index in [2.05, 4.69) is 37.5 Å². The van der Waals surface area contributed by atoms with E-state index in [1.54, 1.807) is 7.11 Å². The van der Waals surface area contributed by atoms with Crippen LogP contribution in [0, 0.1) is 0 Å². The number of tetrazole rings is 1. The Labute approximate surface area is 158 Å². The molecule has 0 N–H and O–H groups in total. The molecule has 2 saturated heterocycles. The SMILES string of the molecule is COCCn1nnnc1C(c1ccc(Cl)cc1)N1CCN2CCCC2C1. The van der Waals surface area contributed by atoms with Gasteiger partial charge in [0, 0.05) is 37.8 Å². The van der Waals surface area contributed by atoms with Crippen LogP contribution in [0.25, 0.3) is 0 Å². The quantitative estimate of drug-likeness (QED) is 0.766. The van der Waals surface area contributed by atoms with Crippen LogP contribution in [-0.2, 0) is 11.3 Å². The maximum absolute atomic E-state index is 6.12. The normalized spacial score (nSPS) is 22.5. The molecular formula is C18H25ClN6O. The van der Waals surface area contributed by atoms with Gasteiger partial charge < -0.3 is 4.74 Å². The molecule has 1 aromatic heterocycles. The number of piperazine rings is 1. The smallest absolute Gasteiger partial charge is 0.173 e. The second-order valence-electron chi connectivity index (χ2n) is 7.03. The Bertz CT molecular complexity index is 721. The zero-order valence-corrected chi connectivity index (χ0v) is 15.8. The van der Waals surface area contributed by atoms with Crippen molar-refractivity contribution < 1.29 is 4.74 Å². The van der Waals surface area contributed by atoms with Crippen molar-refractivity contribution >= 4 is 11.6 Å². The minimum Gasteiger partial charge on any atom is -0.383 e. The van der Waals surface area contributed by atoms with Crippen LogP contribution in [0.15, 0.2) is 24.3 Å². The first kappa shape index (κ1) is 17.9. The van der Waals surface area contributed by atoms with E-state index < -0.39 is 0 Å². The molecule has 0 spiro atoms. The average Bonchev–Trinajstić information content (AvgIpc) is 3.31. The molecule has 2 atom stereocenters. The number of halogens is 1. The first-order valence-electron chi connectivity index (χ1n) is 9.25. The predicted molar refractivity (Wildman–Crippen MR) is 99.2 cm³/mol. The van der Waals surface area contributed by atoms with Gasteiger partial charge in [0.15, 0.2) is 5.82 Å². The first-order valence-corrected chi connectivity index (χ1v) is 9.62. The Balaban J connectivity index is 1.66. The van der Waals surface area contributed by atoms with Crippen molar-refractivity contribution in [3.05, 3.63) is 40.7 Å². The summed E-state index contributed by atoms with van der Waals surface area (Å²) in [5, 5.41) is 13.3. The Morgan fingerprint density at radius 1 is 1.23 bits per heavy atom. The van der Waals surface area contributed by atoms with Gasteiger partial charge in [-0.15, -0.1) is 5.10 Å². The summed E-state index contributed by atoms with van der Waals surface area (Å²) < 4.78 is 7.08. The molecule has 0 amide bonds. The van der Waals surface area contributed by atoms with Crippen LogP contribution in [0.5, 0.6) is 0 Å².